The van der Waals surface area contributed by atoms with E-state index in [9.17, 15) is 24.0 Å². The number of piperidine rings is 3. The summed E-state index contributed by atoms with van der Waals surface area (Å²) in [6.07, 6.45) is 8.68. The van der Waals surface area contributed by atoms with Crippen molar-refractivity contribution in [3.05, 3.63) is 0 Å². The third-order valence-corrected chi connectivity index (χ3v) is 10.7. The Kier molecular flexibility index (Phi) is 18.4. The predicted octanol–water partition coefficient (Wildman–Crippen LogP) is 6.92. The molecular weight excluding hydrogens is 718 g/mol. The molecule has 5 fully saturated rings. The number of carbonyl (C=O) groups is 5. The van der Waals surface area contributed by atoms with Gasteiger partial charge in [-0.05, 0) is 151 Å². The minimum absolute atomic E-state index is 0. The van der Waals surface area contributed by atoms with Crippen LogP contribution in [0.4, 0.5) is 9.59 Å². The average molecular weight is 788 g/mol. The zero-order chi connectivity index (χ0) is 39.5. The lowest BCUT2D eigenvalue weighted by atomic mass is 9.74. The number of halogens is 1. The van der Waals surface area contributed by atoms with E-state index >= 15 is 0 Å². The molecule has 0 bridgehead atoms. The van der Waals surface area contributed by atoms with Crippen molar-refractivity contribution < 1.29 is 47.7 Å². The Balaban J connectivity index is 0.000000283. The van der Waals surface area contributed by atoms with Crippen molar-refractivity contribution in [3.63, 3.8) is 0 Å². The Morgan fingerprint density at radius 3 is 1.30 bits per heavy atom. The van der Waals surface area contributed by atoms with E-state index in [0.29, 0.717) is 83.5 Å². The first kappa shape index (κ1) is 47.4. The molecule has 5 aliphatic rings. The van der Waals surface area contributed by atoms with Gasteiger partial charge in [0.05, 0.1) is 36.6 Å². The fraction of sp³-hybridized carbons (Fsp3) is 0.875. The van der Waals surface area contributed by atoms with Crippen LogP contribution in [0, 0.1) is 28.6 Å². The molecule has 54 heavy (non-hydrogen) atoms. The maximum Gasteiger partial charge on any atom is 0.410 e. The van der Waals surface area contributed by atoms with Crippen LogP contribution in [0.2, 0.25) is 0 Å². The van der Waals surface area contributed by atoms with Crippen LogP contribution in [0.15, 0.2) is 0 Å². The summed E-state index contributed by atoms with van der Waals surface area (Å²) in [4.78, 5) is 63.1. The summed E-state index contributed by atoms with van der Waals surface area (Å²) in [6.45, 7) is 22.2. The second kappa shape index (κ2) is 20.9. The maximum atomic E-state index is 12.3. The molecule has 3 saturated heterocycles. The molecule has 0 unspecified atom stereocenters. The Labute approximate surface area is 330 Å². The summed E-state index contributed by atoms with van der Waals surface area (Å²) >= 11 is 0. The maximum absolute atomic E-state index is 12.3. The number of nitrogens with zero attached hydrogens (tertiary/aromatic N) is 2. The van der Waals surface area contributed by atoms with E-state index in [-0.39, 0.29) is 59.2 Å². The quantitative estimate of drug-likeness (QED) is 0.202. The number of rotatable bonds is 8. The average Bonchev–Trinajstić information content (AvgIpc) is 4.02. The van der Waals surface area contributed by atoms with Gasteiger partial charge in [0.25, 0.3) is 0 Å². The topological polar surface area (TPSA) is 150 Å². The van der Waals surface area contributed by atoms with Crippen LogP contribution >= 0.6 is 12.4 Å². The lowest BCUT2D eigenvalue weighted by Crippen LogP contribution is -2.49. The first-order valence-corrected chi connectivity index (χ1v) is 20.1. The molecule has 0 spiro atoms. The van der Waals surface area contributed by atoms with E-state index in [4.69, 9.17) is 23.7 Å². The van der Waals surface area contributed by atoms with Gasteiger partial charge in [-0.15, -0.1) is 12.4 Å². The van der Waals surface area contributed by atoms with Gasteiger partial charge in [0.1, 0.15) is 11.2 Å². The van der Waals surface area contributed by atoms with Crippen LogP contribution in [0.1, 0.15) is 127 Å². The molecule has 3 aliphatic heterocycles. The highest BCUT2D eigenvalue weighted by molar-refractivity contribution is 5.85. The third-order valence-electron chi connectivity index (χ3n) is 10.7. The molecule has 2 saturated carbocycles. The van der Waals surface area contributed by atoms with Crippen molar-refractivity contribution in [2.75, 3.05) is 59.1 Å². The molecule has 5 rings (SSSR count). The van der Waals surface area contributed by atoms with E-state index in [0.717, 1.165) is 38.8 Å². The van der Waals surface area contributed by atoms with Crippen LogP contribution in [0.5, 0.6) is 0 Å². The molecule has 1 N–H and O–H groups in total. The van der Waals surface area contributed by atoms with E-state index < -0.39 is 11.2 Å². The zero-order valence-corrected chi connectivity index (χ0v) is 35.4. The number of likely N-dealkylation sites (tertiary alicyclic amines) is 2. The minimum Gasteiger partial charge on any atom is -0.466 e. The fourth-order valence-corrected chi connectivity index (χ4v) is 7.55. The highest BCUT2D eigenvalue weighted by Crippen LogP contribution is 2.53. The van der Waals surface area contributed by atoms with Crippen molar-refractivity contribution in [1.82, 2.24) is 15.1 Å². The van der Waals surface area contributed by atoms with Crippen molar-refractivity contribution in [3.8, 4) is 0 Å². The smallest absolute Gasteiger partial charge is 0.410 e. The van der Waals surface area contributed by atoms with Crippen molar-refractivity contribution >= 4 is 42.5 Å². The Morgan fingerprint density at radius 2 is 0.944 bits per heavy atom. The summed E-state index contributed by atoms with van der Waals surface area (Å²) < 4.78 is 26.2. The number of amides is 2. The molecule has 2 aliphatic carbocycles. The van der Waals surface area contributed by atoms with Gasteiger partial charge in [0.15, 0.2) is 0 Å². The Hall–Kier alpha value is -2.80. The van der Waals surface area contributed by atoms with E-state index in [1.807, 2.05) is 55.4 Å². The van der Waals surface area contributed by atoms with Crippen LogP contribution in [-0.4, -0.2) is 110 Å². The zero-order valence-electron chi connectivity index (χ0n) is 34.6. The molecule has 2 amide bonds. The molecule has 0 aromatic rings. The fourth-order valence-electron chi connectivity index (χ4n) is 7.55. The molecular formula is C40H70ClN3O10. The number of hydrogen-bond donors (Lipinski definition) is 1. The van der Waals surface area contributed by atoms with Crippen molar-refractivity contribution in [2.45, 2.75) is 138 Å². The molecule has 0 aromatic carbocycles. The van der Waals surface area contributed by atoms with Gasteiger partial charge in [-0.2, -0.15) is 0 Å². The Morgan fingerprint density at radius 1 is 0.574 bits per heavy atom. The number of esters is 3. The van der Waals surface area contributed by atoms with Crippen LogP contribution in [0.25, 0.3) is 0 Å². The van der Waals surface area contributed by atoms with Gasteiger partial charge in [0.2, 0.25) is 0 Å². The van der Waals surface area contributed by atoms with E-state index in [2.05, 4.69) is 5.32 Å². The second-order valence-electron chi connectivity index (χ2n) is 17.0. The van der Waals surface area contributed by atoms with Crippen molar-refractivity contribution in [2.24, 2.45) is 28.6 Å². The lowest BCUT2D eigenvalue weighted by molar-refractivity contribution is -0.160. The summed E-state index contributed by atoms with van der Waals surface area (Å²) in [5.41, 5.74) is -1.45. The van der Waals surface area contributed by atoms with E-state index in [1.165, 1.54) is 12.8 Å². The summed E-state index contributed by atoms with van der Waals surface area (Å²) in [6, 6.07) is 0. The molecule has 14 heteroatoms. The predicted molar refractivity (Wildman–Crippen MR) is 207 cm³/mol. The van der Waals surface area contributed by atoms with Gasteiger partial charge in [-0.25, -0.2) is 9.59 Å². The largest absolute Gasteiger partial charge is 0.466 e. The molecule has 13 nitrogen and oxygen atoms in total. The van der Waals surface area contributed by atoms with Crippen molar-refractivity contribution in [1.29, 1.82) is 0 Å². The number of carbonyl (C=O) groups excluding carboxylic acids is 5. The molecule has 0 atom stereocenters. The second-order valence-corrected chi connectivity index (χ2v) is 17.0. The highest BCUT2D eigenvalue weighted by Gasteiger charge is 2.54. The summed E-state index contributed by atoms with van der Waals surface area (Å²) in [7, 11) is 0. The third kappa shape index (κ3) is 14.0. The molecule has 0 radical (unpaired) electrons. The van der Waals surface area contributed by atoms with Gasteiger partial charge < -0.3 is 38.8 Å². The van der Waals surface area contributed by atoms with Crippen LogP contribution in [0.3, 0.4) is 0 Å². The summed E-state index contributed by atoms with van der Waals surface area (Å²) in [5, 5.41) is 3.31. The van der Waals surface area contributed by atoms with Gasteiger partial charge in [0, 0.05) is 26.2 Å². The monoisotopic (exact) mass is 787 g/mol. The molecule has 3 heterocycles. The number of ether oxygens (including phenoxy) is 5. The van der Waals surface area contributed by atoms with Gasteiger partial charge in [-0.3, -0.25) is 14.4 Å². The lowest BCUT2D eigenvalue weighted by Gasteiger charge is -2.40. The van der Waals surface area contributed by atoms with E-state index in [1.54, 1.807) is 16.7 Å². The number of nitrogens with one attached hydrogen (secondary N) is 1. The highest BCUT2D eigenvalue weighted by atomic mass is 35.5. The van der Waals surface area contributed by atoms with Crippen LogP contribution < -0.4 is 5.32 Å². The van der Waals surface area contributed by atoms with Gasteiger partial charge in [-0.1, -0.05) is 0 Å². The first-order valence-electron chi connectivity index (χ1n) is 20.1. The molecule has 312 valence electrons. The number of hydrogen-bond acceptors (Lipinski definition) is 11. The normalized spacial score (nSPS) is 21.0. The first-order chi connectivity index (χ1) is 24.9. The minimum atomic E-state index is -0.483. The SMILES string of the molecule is CCOC(=O)C1(C2CC2)CCN(C(=O)OC(C)(C)C)CC1.CCOC(=O)C1(C2CC2)CCNCC1.CCOC(=O)C1CCN(C(=O)OC(C)(C)C)CC1.Cl. The Bertz CT molecular complexity index is 1220. The van der Waals surface area contributed by atoms with Crippen LogP contribution in [-0.2, 0) is 38.1 Å². The molecule has 0 aromatic heterocycles. The van der Waals surface area contributed by atoms with Gasteiger partial charge >= 0.3 is 30.1 Å². The standard InChI is InChI=1S/C16H27NO4.C13H23NO4.C11H19NO2.ClH/c1-5-20-13(18)16(12-6-7-12)8-10-17(11-9-16)14(19)21-15(2,3)4;1-5-17-11(15)10-6-8-14(9-7-10)12(16)18-13(2,3)4;1-2-14-10(13)11(9-3-4-9)5-7-12-8-6-11;/h12H,5-11H2,1-4H3;10H,5-9H2,1-4H3;9,12H,2-8H2,1H3;1H. The summed E-state index contributed by atoms with van der Waals surface area (Å²) in [5.74, 6) is 0.811.